The highest BCUT2D eigenvalue weighted by atomic mass is 19.4. The fourth-order valence-electron chi connectivity index (χ4n) is 1.76. The smallest absolute Gasteiger partial charge is 0.401 e. The number of hydrogen-bond donors (Lipinski definition) is 1. The molecule has 0 aromatic carbocycles. The summed E-state index contributed by atoms with van der Waals surface area (Å²) in [5.74, 6) is 0.779. The van der Waals surface area contributed by atoms with Crippen molar-refractivity contribution >= 4 is 0 Å². The second kappa shape index (κ2) is 6.80. The van der Waals surface area contributed by atoms with Crippen molar-refractivity contribution in [2.75, 3.05) is 19.6 Å². The highest BCUT2D eigenvalue weighted by molar-refractivity contribution is 4.97. The molecule has 18 heavy (non-hydrogen) atoms. The number of furan rings is 1. The van der Waals surface area contributed by atoms with Gasteiger partial charge in [-0.3, -0.25) is 4.90 Å². The first-order chi connectivity index (χ1) is 8.42. The maximum absolute atomic E-state index is 12.3. The van der Waals surface area contributed by atoms with Crippen LogP contribution in [-0.2, 0) is 6.54 Å². The van der Waals surface area contributed by atoms with Gasteiger partial charge in [0.15, 0.2) is 0 Å². The van der Waals surface area contributed by atoms with E-state index in [0.717, 1.165) is 5.76 Å². The van der Waals surface area contributed by atoms with Crippen molar-refractivity contribution in [2.24, 2.45) is 0 Å². The van der Waals surface area contributed by atoms with Crippen LogP contribution in [0.25, 0.3) is 0 Å². The van der Waals surface area contributed by atoms with E-state index in [0.29, 0.717) is 19.6 Å². The minimum absolute atomic E-state index is 0.174. The van der Waals surface area contributed by atoms with Gasteiger partial charge in [-0.2, -0.15) is 13.2 Å². The predicted molar refractivity (Wildman–Crippen MR) is 63.2 cm³/mol. The molecule has 6 heteroatoms. The Labute approximate surface area is 105 Å². The molecule has 3 nitrogen and oxygen atoms in total. The van der Waals surface area contributed by atoms with Crippen LogP contribution in [0.1, 0.15) is 19.6 Å². The molecule has 0 fully saturated rings. The van der Waals surface area contributed by atoms with Gasteiger partial charge in [0.1, 0.15) is 5.76 Å². The first kappa shape index (κ1) is 15.0. The summed E-state index contributed by atoms with van der Waals surface area (Å²) in [5, 5.41) is 3.09. The molecule has 0 spiro atoms. The van der Waals surface area contributed by atoms with Gasteiger partial charge in [-0.15, -0.1) is 0 Å². The summed E-state index contributed by atoms with van der Waals surface area (Å²) in [7, 11) is 0. The fourth-order valence-corrected chi connectivity index (χ4v) is 1.76. The zero-order valence-electron chi connectivity index (χ0n) is 10.6. The highest BCUT2D eigenvalue weighted by Crippen LogP contribution is 2.17. The Bertz CT molecular complexity index is 325. The van der Waals surface area contributed by atoms with E-state index >= 15 is 0 Å². The molecule has 0 aliphatic rings. The summed E-state index contributed by atoms with van der Waals surface area (Å²) < 4.78 is 42.1. The SMILES string of the molecule is CCN(CC(F)(F)F)C(C)CNCc1ccco1. The summed E-state index contributed by atoms with van der Waals surface area (Å²) in [6, 6.07) is 3.43. The van der Waals surface area contributed by atoms with Crippen molar-refractivity contribution in [1.82, 2.24) is 10.2 Å². The van der Waals surface area contributed by atoms with Crippen molar-refractivity contribution < 1.29 is 17.6 Å². The van der Waals surface area contributed by atoms with Crippen LogP contribution in [0.2, 0.25) is 0 Å². The van der Waals surface area contributed by atoms with Crippen LogP contribution in [-0.4, -0.2) is 36.8 Å². The van der Waals surface area contributed by atoms with Crippen LogP contribution in [0.3, 0.4) is 0 Å². The average molecular weight is 264 g/mol. The van der Waals surface area contributed by atoms with Crippen LogP contribution in [0, 0.1) is 0 Å². The van der Waals surface area contributed by atoms with Crippen LogP contribution >= 0.6 is 0 Å². The molecule has 0 saturated heterocycles. The van der Waals surface area contributed by atoms with Gasteiger partial charge in [-0.1, -0.05) is 6.92 Å². The highest BCUT2D eigenvalue weighted by Gasteiger charge is 2.31. The number of hydrogen-bond acceptors (Lipinski definition) is 3. The molecular weight excluding hydrogens is 245 g/mol. The zero-order valence-corrected chi connectivity index (χ0v) is 10.6. The third-order valence-corrected chi connectivity index (χ3v) is 2.73. The number of nitrogens with one attached hydrogen (secondary N) is 1. The van der Waals surface area contributed by atoms with Crippen molar-refractivity contribution in [3.05, 3.63) is 24.2 Å². The molecule has 0 aliphatic carbocycles. The summed E-state index contributed by atoms with van der Waals surface area (Å²) in [4.78, 5) is 1.40. The van der Waals surface area contributed by atoms with Gasteiger partial charge in [0, 0.05) is 12.6 Å². The van der Waals surface area contributed by atoms with Gasteiger partial charge in [-0.05, 0) is 25.6 Å². The molecule has 0 saturated carbocycles. The summed E-state index contributed by atoms with van der Waals surface area (Å²) in [5.41, 5.74) is 0. The van der Waals surface area contributed by atoms with Gasteiger partial charge in [0.05, 0.1) is 19.4 Å². The Morgan fingerprint density at radius 2 is 2.17 bits per heavy atom. The van der Waals surface area contributed by atoms with Crippen molar-refractivity contribution in [3.63, 3.8) is 0 Å². The van der Waals surface area contributed by atoms with Crippen LogP contribution in [0.5, 0.6) is 0 Å². The minimum Gasteiger partial charge on any atom is -0.468 e. The molecule has 1 aromatic heterocycles. The quantitative estimate of drug-likeness (QED) is 0.820. The number of alkyl halides is 3. The topological polar surface area (TPSA) is 28.4 Å². The lowest BCUT2D eigenvalue weighted by Gasteiger charge is -2.28. The third kappa shape index (κ3) is 5.55. The van der Waals surface area contributed by atoms with Gasteiger partial charge in [-0.25, -0.2) is 0 Å². The molecule has 0 amide bonds. The van der Waals surface area contributed by atoms with Crippen LogP contribution < -0.4 is 5.32 Å². The normalized spacial score (nSPS) is 14.1. The van der Waals surface area contributed by atoms with Gasteiger partial charge in [0.2, 0.25) is 0 Å². The second-order valence-electron chi connectivity index (χ2n) is 4.24. The van der Waals surface area contributed by atoms with E-state index in [2.05, 4.69) is 5.32 Å². The Morgan fingerprint density at radius 3 is 2.67 bits per heavy atom. The molecule has 104 valence electrons. The minimum atomic E-state index is -4.15. The predicted octanol–water partition coefficient (Wildman–Crippen LogP) is 2.64. The molecule has 1 N–H and O–H groups in total. The maximum atomic E-state index is 12.3. The van der Waals surface area contributed by atoms with E-state index in [4.69, 9.17) is 4.42 Å². The molecule has 1 aromatic rings. The maximum Gasteiger partial charge on any atom is 0.401 e. The molecule has 1 atom stereocenters. The molecule has 0 aliphatic heterocycles. The third-order valence-electron chi connectivity index (χ3n) is 2.73. The lowest BCUT2D eigenvalue weighted by Crippen LogP contribution is -2.44. The van der Waals surface area contributed by atoms with E-state index in [1.807, 2.05) is 6.07 Å². The van der Waals surface area contributed by atoms with Gasteiger partial charge in [0.25, 0.3) is 0 Å². The fraction of sp³-hybridized carbons (Fsp3) is 0.667. The van der Waals surface area contributed by atoms with Crippen molar-refractivity contribution in [3.8, 4) is 0 Å². The largest absolute Gasteiger partial charge is 0.468 e. The number of rotatable bonds is 7. The Hall–Kier alpha value is -1.01. The molecular formula is C12H19F3N2O. The van der Waals surface area contributed by atoms with Crippen molar-refractivity contribution in [1.29, 1.82) is 0 Å². The molecule has 1 rings (SSSR count). The van der Waals surface area contributed by atoms with E-state index in [1.54, 1.807) is 26.2 Å². The lowest BCUT2D eigenvalue weighted by molar-refractivity contribution is -0.149. The van der Waals surface area contributed by atoms with Crippen molar-refractivity contribution in [2.45, 2.75) is 32.6 Å². The van der Waals surface area contributed by atoms with E-state index < -0.39 is 12.7 Å². The average Bonchev–Trinajstić information content (AvgIpc) is 2.77. The van der Waals surface area contributed by atoms with Gasteiger partial charge >= 0.3 is 6.18 Å². The number of likely N-dealkylation sites (N-methyl/N-ethyl adjacent to an activating group) is 1. The molecule has 1 heterocycles. The standard InChI is InChI=1S/C12H19F3N2O/c1-3-17(9-12(13,14)15)10(2)7-16-8-11-5-4-6-18-11/h4-6,10,16H,3,7-9H2,1-2H3. The Morgan fingerprint density at radius 1 is 1.44 bits per heavy atom. The van der Waals surface area contributed by atoms with Crippen LogP contribution in [0.4, 0.5) is 13.2 Å². The molecule has 0 bridgehead atoms. The monoisotopic (exact) mass is 264 g/mol. The Balaban J connectivity index is 2.31. The number of nitrogens with zero attached hydrogens (tertiary/aromatic N) is 1. The summed E-state index contributed by atoms with van der Waals surface area (Å²) in [6.07, 6.45) is -2.58. The van der Waals surface area contributed by atoms with Gasteiger partial charge < -0.3 is 9.73 Å². The zero-order chi connectivity index (χ0) is 13.6. The molecule has 0 radical (unpaired) electrons. The second-order valence-corrected chi connectivity index (χ2v) is 4.24. The number of halogens is 3. The van der Waals surface area contributed by atoms with E-state index in [9.17, 15) is 13.2 Å². The van der Waals surface area contributed by atoms with E-state index in [-0.39, 0.29) is 6.04 Å². The van der Waals surface area contributed by atoms with E-state index in [1.165, 1.54) is 4.90 Å². The summed E-state index contributed by atoms with van der Waals surface area (Å²) in [6.45, 7) is 4.04. The lowest BCUT2D eigenvalue weighted by atomic mass is 10.2. The first-order valence-electron chi connectivity index (χ1n) is 5.96. The first-order valence-corrected chi connectivity index (χ1v) is 5.96. The van der Waals surface area contributed by atoms with Crippen LogP contribution in [0.15, 0.2) is 22.8 Å². The molecule has 1 unspecified atom stereocenters. The Kier molecular flexibility index (Phi) is 5.68. The summed E-state index contributed by atoms with van der Waals surface area (Å²) >= 11 is 0.